The molecule has 1 aliphatic rings. The van der Waals surface area contributed by atoms with Crippen molar-refractivity contribution >= 4 is 0 Å². The summed E-state index contributed by atoms with van der Waals surface area (Å²) in [7, 11) is 5.88. The zero-order chi connectivity index (χ0) is 13.8. The van der Waals surface area contributed by atoms with Crippen LogP contribution in [0.3, 0.4) is 0 Å². The first-order chi connectivity index (χ1) is 9.11. The van der Waals surface area contributed by atoms with E-state index < -0.39 is 0 Å². The molecule has 2 atom stereocenters. The number of likely N-dealkylation sites (N-methyl/N-ethyl adjacent to an activating group) is 1. The fourth-order valence-electron chi connectivity index (χ4n) is 2.90. The molecule has 5 nitrogen and oxygen atoms in total. The van der Waals surface area contributed by atoms with Gasteiger partial charge in [0, 0.05) is 18.5 Å². The first-order valence-electron chi connectivity index (χ1n) is 7.11. The van der Waals surface area contributed by atoms with E-state index >= 15 is 0 Å². The third-order valence-corrected chi connectivity index (χ3v) is 3.93. The lowest BCUT2D eigenvalue weighted by atomic mass is 9.84. The van der Waals surface area contributed by atoms with Gasteiger partial charge in [0.05, 0.1) is 25.5 Å². The SMILES string of the molecule is COc1cnn(CCN(C)C)c1C1CCCC(N)C1. The zero-order valence-electron chi connectivity index (χ0n) is 12.3. The zero-order valence-corrected chi connectivity index (χ0v) is 12.3. The van der Waals surface area contributed by atoms with E-state index in [0.717, 1.165) is 31.7 Å². The highest BCUT2D eigenvalue weighted by molar-refractivity contribution is 5.29. The highest BCUT2D eigenvalue weighted by Gasteiger charge is 2.27. The minimum atomic E-state index is 0.320. The maximum atomic E-state index is 6.12. The lowest BCUT2D eigenvalue weighted by Gasteiger charge is -2.28. The number of nitrogens with two attached hydrogens (primary N) is 1. The average molecular weight is 266 g/mol. The summed E-state index contributed by atoms with van der Waals surface area (Å²) in [6.45, 7) is 1.88. The van der Waals surface area contributed by atoms with E-state index in [9.17, 15) is 0 Å². The van der Waals surface area contributed by atoms with Crippen LogP contribution in [0.2, 0.25) is 0 Å². The van der Waals surface area contributed by atoms with Gasteiger partial charge in [-0.05, 0) is 33.4 Å². The van der Waals surface area contributed by atoms with Crippen LogP contribution < -0.4 is 10.5 Å². The molecule has 108 valence electrons. The van der Waals surface area contributed by atoms with Crippen LogP contribution in [0.15, 0.2) is 6.20 Å². The summed E-state index contributed by atoms with van der Waals surface area (Å²) in [6, 6.07) is 0.320. The Morgan fingerprint density at radius 1 is 1.47 bits per heavy atom. The van der Waals surface area contributed by atoms with Crippen LogP contribution in [0.25, 0.3) is 0 Å². The summed E-state index contributed by atoms with van der Waals surface area (Å²) in [4.78, 5) is 2.17. The molecule has 19 heavy (non-hydrogen) atoms. The van der Waals surface area contributed by atoms with Crippen molar-refractivity contribution in [3.05, 3.63) is 11.9 Å². The Morgan fingerprint density at radius 3 is 2.89 bits per heavy atom. The third kappa shape index (κ3) is 3.48. The van der Waals surface area contributed by atoms with Gasteiger partial charge in [0.25, 0.3) is 0 Å². The quantitative estimate of drug-likeness (QED) is 0.876. The standard InChI is InChI=1S/C14H26N4O/c1-17(2)7-8-18-14(13(19-3)10-16-18)11-5-4-6-12(15)9-11/h10-12H,4-9,15H2,1-3H3. The smallest absolute Gasteiger partial charge is 0.160 e. The second-order valence-corrected chi connectivity index (χ2v) is 5.75. The fraction of sp³-hybridized carbons (Fsp3) is 0.786. The maximum Gasteiger partial charge on any atom is 0.160 e. The lowest BCUT2D eigenvalue weighted by Crippen LogP contribution is -2.29. The van der Waals surface area contributed by atoms with Crippen molar-refractivity contribution in [2.24, 2.45) is 5.73 Å². The molecule has 1 heterocycles. The van der Waals surface area contributed by atoms with E-state index in [1.807, 2.05) is 6.20 Å². The van der Waals surface area contributed by atoms with Crippen LogP contribution in [0.1, 0.15) is 37.3 Å². The molecule has 1 aliphatic carbocycles. The molecule has 1 aromatic heterocycles. The number of rotatable bonds is 5. The number of aromatic nitrogens is 2. The minimum Gasteiger partial charge on any atom is -0.493 e. The first-order valence-corrected chi connectivity index (χ1v) is 7.11. The number of ether oxygens (including phenoxy) is 1. The number of methoxy groups -OCH3 is 1. The molecule has 2 N–H and O–H groups in total. The number of hydrogen-bond donors (Lipinski definition) is 1. The highest BCUT2D eigenvalue weighted by atomic mass is 16.5. The van der Waals surface area contributed by atoms with E-state index in [-0.39, 0.29) is 0 Å². The second kappa shape index (κ2) is 6.39. The van der Waals surface area contributed by atoms with Gasteiger partial charge in [-0.3, -0.25) is 4.68 Å². The van der Waals surface area contributed by atoms with Gasteiger partial charge in [-0.1, -0.05) is 6.42 Å². The van der Waals surface area contributed by atoms with Crippen molar-refractivity contribution in [2.45, 2.75) is 44.2 Å². The molecule has 1 aromatic rings. The van der Waals surface area contributed by atoms with Crippen molar-refractivity contribution in [1.29, 1.82) is 0 Å². The average Bonchev–Trinajstić information content (AvgIpc) is 2.79. The summed E-state index contributed by atoms with van der Waals surface area (Å²) in [5.41, 5.74) is 7.35. The topological polar surface area (TPSA) is 56.3 Å². The van der Waals surface area contributed by atoms with Gasteiger partial charge in [0.1, 0.15) is 0 Å². The monoisotopic (exact) mass is 266 g/mol. The molecular weight excluding hydrogens is 240 g/mol. The van der Waals surface area contributed by atoms with Crippen LogP contribution in [-0.4, -0.2) is 48.5 Å². The Bertz CT molecular complexity index is 402. The van der Waals surface area contributed by atoms with E-state index in [4.69, 9.17) is 10.5 Å². The number of hydrogen-bond acceptors (Lipinski definition) is 4. The molecule has 1 saturated carbocycles. The maximum absolute atomic E-state index is 6.12. The van der Waals surface area contributed by atoms with Crippen LogP contribution in [0.4, 0.5) is 0 Å². The van der Waals surface area contributed by atoms with Crippen molar-refractivity contribution in [3.8, 4) is 5.75 Å². The fourth-order valence-corrected chi connectivity index (χ4v) is 2.90. The van der Waals surface area contributed by atoms with Gasteiger partial charge in [0.2, 0.25) is 0 Å². The van der Waals surface area contributed by atoms with Crippen molar-refractivity contribution in [3.63, 3.8) is 0 Å². The van der Waals surface area contributed by atoms with Gasteiger partial charge < -0.3 is 15.4 Å². The molecule has 0 amide bonds. The van der Waals surface area contributed by atoms with Crippen molar-refractivity contribution < 1.29 is 4.74 Å². The van der Waals surface area contributed by atoms with Crippen LogP contribution >= 0.6 is 0 Å². The molecule has 5 heteroatoms. The molecule has 0 spiro atoms. The molecule has 0 aromatic carbocycles. The summed E-state index contributed by atoms with van der Waals surface area (Å²) in [5.74, 6) is 1.40. The normalized spacial score (nSPS) is 23.8. The minimum absolute atomic E-state index is 0.320. The van der Waals surface area contributed by atoms with E-state index in [0.29, 0.717) is 12.0 Å². The molecule has 0 saturated heterocycles. The Hall–Kier alpha value is -1.07. The predicted octanol–water partition coefficient (Wildman–Crippen LogP) is 1.44. The Labute approximate surface area is 115 Å². The van der Waals surface area contributed by atoms with E-state index in [1.54, 1.807) is 7.11 Å². The summed E-state index contributed by atoms with van der Waals surface area (Å²) >= 11 is 0. The molecular formula is C14H26N4O. The molecule has 0 radical (unpaired) electrons. The Kier molecular flexibility index (Phi) is 4.82. The van der Waals surface area contributed by atoms with Gasteiger partial charge in [-0.15, -0.1) is 0 Å². The van der Waals surface area contributed by atoms with Gasteiger partial charge in [0.15, 0.2) is 5.75 Å². The van der Waals surface area contributed by atoms with Gasteiger partial charge in [-0.2, -0.15) is 5.10 Å². The van der Waals surface area contributed by atoms with Crippen molar-refractivity contribution in [2.75, 3.05) is 27.7 Å². The van der Waals surface area contributed by atoms with E-state index in [1.165, 1.54) is 18.5 Å². The van der Waals surface area contributed by atoms with Crippen molar-refractivity contribution in [1.82, 2.24) is 14.7 Å². The number of nitrogens with zero attached hydrogens (tertiary/aromatic N) is 3. The lowest BCUT2D eigenvalue weighted by molar-refractivity contribution is 0.334. The molecule has 1 fully saturated rings. The summed E-state index contributed by atoms with van der Waals surface area (Å²) in [5, 5.41) is 4.48. The molecule has 0 aliphatic heterocycles. The Balaban J connectivity index is 2.17. The third-order valence-electron chi connectivity index (χ3n) is 3.93. The van der Waals surface area contributed by atoms with Gasteiger partial charge >= 0.3 is 0 Å². The molecule has 0 bridgehead atoms. The summed E-state index contributed by atoms with van der Waals surface area (Å²) in [6.07, 6.45) is 6.42. The van der Waals surface area contributed by atoms with E-state index in [2.05, 4.69) is 28.8 Å². The van der Waals surface area contributed by atoms with Crippen LogP contribution in [0.5, 0.6) is 5.75 Å². The molecule has 2 rings (SSSR count). The first kappa shape index (κ1) is 14.3. The Morgan fingerprint density at radius 2 is 2.26 bits per heavy atom. The largest absolute Gasteiger partial charge is 0.493 e. The second-order valence-electron chi connectivity index (χ2n) is 5.75. The van der Waals surface area contributed by atoms with Crippen LogP contribution in [-0.2, 0) is 6.54 Å². The predicted molar refractivity (Wildman–Crippen MR) is 76.5 cm³/mol. The van der Waals surface area contributed by atoms with Gasteiger partial charge in [-0.25, -0.2) is 0 Å². The molecule has 2 unspecified atom stereocenters. The highest BCUT2D eigenvalue weighted by Crippen LogP contribution is 2.36. The summed E-state index contributed by atoms with van der Waals surface area (Å²) < 4.78 is 7.58. The van der Waals surface area contributed by atoms with Crippen LogP contribution in [0, 0.1) is 0 Å².